The smallest absolute Gasteiger partial charge is 0.408 e. The van der Waals surface area contributed by atoms with Crippen molar-refractivity contribution in [2.24, 2.45) is 0 Å². The normalized spacial score (nSPS) is 12.6. The minimum Gasteiger partial charge on any atom is -0.438 e. The number of rotatable bonds is 4. The number of hydrogen-bond donors (Lipinski definition) is 1. The molecule has 0 aliphatic carbocycles. The van der Waals surface area contributed by atoms with Crippen LogP contribution in [0.2, 0.25) is 0 Å². The maximum Gasteiger partial charge on any atom is 0.408 e. The van der Waals surface area contributed by atoms with Crippen LogP contribution in [0.4, 0.5) is 9.18 Å². The van der Waals surface area contributed by atoms with Crippen LogP contribution in [0.1, 0.15) is 26.3 Å². The molecular formula is C14H18FNO3. The number of aldehydes is 1. The summed E-state index contributed by atoms with van der Waals surface area (Å²) in [6.07, 6.45) is -0.906. The van der Waals surface area contributed by atoms with Crippen molar-refractivity contribution < 1.29 is 18.7 Å². The molecule has 104 valence electrons. The third-order valence-corrected chi connectivity index (χ3v) is 2.21. The van der Waals surface area contributed by atoms with Crippen molar-refractivity contribution >= 4 is 12.4 Å². The molecule has 0 aliphatic heterocycles. The molecule has 1 amide bonds. The minimum atomic E-state index is -0.927. The average Bonchev–Trinajstić information content (AvgIpc) is 2.25. The number of hydrogen-bond acceptors (Lipinski definition) is 3. The first-order chi connectivity index (χ1) is 8.80. The Morgan fingerprint density at radius 1 is 1.47 bits per heavy atom. The zero-order valence-corrected chi connectivity index (χ0v) is 11.3. The summed E-state index contributed by atoms with van der Waals surface area (Å²) >= 11 is 0. The minimum absolute atomic E-state index is 0.152. The van der Waals surface area contributed by atoms with E-state index in [9.17, 15) is 14.0 Å². The van der Waals surface area contributed by atoms with Gasteiger partial charge in [-0.25, -0.2) is 9.18 Å². The quantitative estimate of drug-likeness (QED) is 0.852. The highest BCUT2D eigenvalue weighted by atomic mass is 19.1. The Labute approximate surface area is 112 Å². The van der Waals surface area contributed by atoms with Gasteiger partial charge < -0.3 is 10.1 Å². The highest BCUT2D eigenvalue weighted by molar-refractivity contribution is 5.71. The van der Waals surface area contributed by atoms with Crippen molar-refractivity contribution in [1.82, 2.24) is 5.32 Å². The second kappa shape index (κ2) is 6.31. The van der Waals surface area contributed by atoms with Gasteiger partial charge >= 0.3 is 6.09 Å². The summed E-state index contributed by atoms with van der Waals surface area (Å²) in [4.78, 5) is 22.4. The maximum atomic E-state index is 13.0. The molecule has 0 fully saturated rings. The van der Waals surface area contributed by atoms with Gasteiger partial charge in [0.2, 0.25) is 0 Å². The first-order valence-corrected chi connectivity index (χ1v) is 5.99. The fraction of sp³-hybridized carbons (Fsp3) is 0.429. The summed E-state index contributed by atoms with van der Waals surface area (Å²) in [5, 5.41) is 2.59. The molecule has 1 unspecified atom stereocenters. The molecule has 19 heavy (non-hydrogen) atoms. The molecule has 0 saturated carbocycles. The summed E-state index contributed by atoms with van der Waals surface area (Å²) in [6.45, 7) is 5.41. The van der Waals surface area contributed by atoms with Gasteiger partial charge in [-0.2, -0.15) is 0 Å². The van der Waals surface area contributed by atoms with Gasteiger partial charge in [0.15, 0.2) is 12.4 Å². The second-order valence-electron chi connectivity index (χ2n) is 5.29. The molecule has 1 aromatic rings. The largest absolute Gasteiger partial charge is 0.438 e. The molecule has 0 bridgehead atoms. The first kappa shape index (κ1) is 15.1. The van der Waals surface area contributed by atoms with Gasteiger partial charge in [-0.3, -0.25) is 4.79 Å². The zero-order chi connectivity index (χ0) is 14.5. The monoisotopic (exact) mass is 267 g/mol. The standard InChI is InChI=1S/C14H18FNO3/c1-14(2,3)16-13(18)19-12(9-17)8-10-5-4-6-11(15)7-10/h4-7,9,12H,8H2,1-3H3,(H,16,18). The summed E-state index contributed by atoms with van der Waals surface area (Å²) < 4.78 is 18.0. The summed E-state index contributed by atoms with van der Waals surface area (Å²) in [5.74, 6) is -0.388. The molecule has 0 saturated heterocycles. The van der Waals surface area contributed by atoms with Crippen molar-refractivity contribution in [3.8, 4) is 0 Å². The van der Waals surface area contributed by atoms with E-state index in [-0.39, 0.29) is 12.2 Å². The Balaban J connectivity index is 2.59. The molecule has 0 aromatic heterocycles. The van der Waals surface area contributed by atoms with Crippen molar-refractivity contribution in [3.63, 3.8) is 0 Å². The SMILES string of the molecule is CC(C)(C)NC(=O)OC(C=O)Cc1cccc(F)c1. The van der Waals surface area contributed by atoms with Crippen LogP contribution in [0.3, 0.4) is 0 Å². The van der Waals surface area contributed by atoms with E-state index in [0.717, 1.165) is 0 Å². The fourth-order valence-electron chi connectivity index (χ4n) is 1.49. The highest BCUT2D eigenvalue weighted by Crippen LogP contribution is 2.08. The van der Waals surface area contributed by atoms with Crippen molar-refractivity contribution in [1.29, 1.82) is 0 Å². The first-order valence-electron chi connectivity index (χ1n) is 5.99. The molecule has 1 atom stereocenters. The summed E-state index contributed by atoms with van der Waals surface area (Å²) in [5.41, 5.74) is 0.157. The predicted molar refractivity (Wildman–Crippen MR) is 69.3 cm³/mol. The number of carbonyl (C=O) groups is 2. The van der Waals surface area contributed by atoms with Crippen molar-refractivity contribution in [2.75, 3.05) is 0 Å². The number of carbonyl (C=O) groups excluding carboxylic acids is 2. The Morgan fingerprint density at radius 2 is 2.16 bits per heavy atom. The highest BCUT2D eigenvalue weighted by Gasteiger charge is 2.19. The van der Waals surface area contributed by atoms with E-state index < -0.39 is 17.7 Å². The van der Waals surface area contributed by atoms with Crippen LogP contribution in [0.5, 0.6) is 0 Å². The maximum absolute atomic E-state index is 13.0. The lowest BCUT2D eigenvalue weighted by Crippen LogP contribution is -2.42. The van der Waals surface area contributed by atoms with Crippen LogP contribution in [0.25, 0.3) is 0 Å². The lowest BCUT2D eigenvalue weighted by molar-refractivity contribution is -0.115. The van der Waals surface area contributed by atoms with Crippen molar-refractivity contribution in [3.05, 3.63) is 35.6 Å². The van der Waals surface area contributed by atoms with E-state index >= 15 is 0 Å². The van der Waals surface area contributed by atoms with E-state index in [0.29, 0.717) is 11.8 Å². The molecule has 0 aliphatic rings. The van der Waals surface area contributed by atoms with Gasteiger partial charge in [-0.1, -0.05) is 12.1 Å². The van der Waals surface area contributed by atoms with Crippen LogP contribution < -0.4 is 5.32 Å². The lowest BCUT2D eigenvalue weighted by Gasteiger charge is -2.21. The van der Waals surface area contributed by atoms with Gasteiger partial charge in [0.25, 0.3) is 0 Å². The number of nitrogens with one attached hydrogen (secondary N) is 1. The van der Waals surface area contributed by atoms with Gasteiger partial charge in [-0.15, -0.1) is 0 Å². The topological polar surface area (TPSA) is 55.4 Å². The Morgan fingerprint density at radius 3 is 2.68 bits per heavy atom. The fourth-order valence-corrected chi connectivity index (χ4v) is 1.49. The molecule has 0 heterocycles. The number of halogens is 1. The van der Waals surface area contributed by atoms with E-state index in [1.54, 1.807) is 32.9 Å². The zero-order valence-electron chi connectivity index (χ0n) is 11.3. The molecule has 4 nitrogen and oxygen atoms in total. The molecule has 0 spiro atoms. The molecule has 1 N–H and O–H groups in total. The van der Waals surface area contributed by atoms with E-state index in [4.69, 9.17) is 4.74 Å². The van der Waals surface area contributed by atoms with Crippen molar-refractivity contribution in [2.45, 2.75) is 38.8 Å². The van der Waals surface area contributed by atoms with Gasteiger partial charge in [0.05, 0.1) is 0 Å². The van der Waals surface area contributed by atoms with E-state index in [1.165, 1.54) is 12.1 Å². The summed E-state index contributed by atoms with van der Waals surface area (Å²) in [7, 11) is 0. The molecule has 5 heteroatoms. The van der Waals surface area contributed by atoms with Gasteiger partial charge in [0.1, 0.15) is 5.82 Å². The molecule has 1 aromatic carbocycles. The number of ether oxygens (including phenoxy) is 1. The third-order valence-electron chi connectivity index (χ3n) is 2.21. The number of benzene rings is 1. The van der Waals surface area contributed by atoms with E-state index in [2.05, 4.69) is 5.32 Å². The number of amides is 1. The molecular weight excluding hydrogens is 249 g/mol. The summed E-state index contributed by atoms with van der Waals surface area (Å²) in [6, 6.07) is 5.83. The van der Waals surface area contributed by atoms with Gasteiger partial charge in [0, 0.05) is 12.0 Å². The molecule has 1 rings (SSSR count). The molecule has 0 radical (unpaired) electrons. The van der Waals surface area contributed by atoms with Crippen LogP contribution in [-0.2, 0) is 16.0 Å². The Kier molecular flexibility index (Phi) is 5.03. The van der Waals surface area contributed by atoms with Crippen LogP contribution >= 0.6 is 0 Å². The van der Waals surface area contributed by atoms with E-state index in [1.807, 2.05) is 0 Å². The third kappa shape index (κ3) is 5.99. The second-order valence-corrected chi connectivity index (χ2v) is 5.29. The van der Waals surface area contributed by atoms with Gasteiger partial charge in [-0.05, 0) is 38.5 Å². The van der Waals surface area contributed by atoms with Crippen LogP contribution in [0, 0.1) is 5.82 Å². The number of alkyl carbamates (subject to hydrolysis) is 1. The Bertz CT molecular complexity index is 454. The van der Waals surface area contributed by atoms with Crippen LogP contribution in [-0.4, -0.2) is 24.0 Å². The van der Waals surface area contributed by atoms with Crippen LogP contribution in [0.15, 0.2) is 24.3 Å². The lowest BCUT2D eigenvalue weighted by atomic mass is 10.1. The Hall–Kier alpha value is -1.91. The average molecular weight is 267 g/mol. The predicted octanol–water partition coefficient (Wildman–Crippen LogP) is 2.46.